The summed E-state index contributed by atoms with van der Waals surface area (Å²) in [4.78, 5) is 4.12. The summed E-state index contributed by atoms with van der Waals surface area (Å²) in [5.74, 6) is -0.204. The highest BCUT2D eigenvalue weighted by molar-refractivity contribution is 5.72. The van der Waals surface area contributed by atoms with E-state index < -0.39 is 5.82 Å². The first kappa shape index (κ1) is 14.2. The molecule has 118 valence electrons. The van der Waals surface area contributed by atoms with E-state index in [1.165, 1.54) is 18.5 Å². The second kappa shape index (κ2) is 5.66. The van der Waals surface area contributed by atoms with Crippen molar-refractivity contribution in [1.82, 2.24) is 14.6 Å². The molecule has 2 N–H and O–H groups in total. The van der Waals surface area contributed by atoms with Gasteiger partial charge in [-0.25, -0.2) is 8.91 Å². The van der Waals surface area contributed by atoms with E-state index in [4.69, 9.17) is 10.5 Å². The van der Waals surface area contributed by atoms with Crippen LogP contribution in [0.25, 0.3) is 16.6 Å². The number of rotatable bonds is 3. The van der Waals surface area contributed by atoms with Crippen LogP contribution in [0.15, 0.2) is 67.1 Å². The molecule has 0 aliphatic carbocycles. The minimum Gasteiger partial charge on any atom is -0.434 e. The monoisotopic (exact) mass is 320 g/mol. The quantitative estimate of drug-likeness (QED) is 0.581. The summed E-state index contributed by atoms with van der Waals surface area (Å²) in [7, 11) is 0. The van der Waals surface area contributed by atoms with Gasteiger partial charge in [0.1, 0.15) is 11.8 Å². The fourth-order valence-corrected chi connectivity index (χ4v) is 2.48. The summed E-state index contributed by atoms with van der Waals surface area (Å²) < 4.78 is 21.2. The smallest absolute Gasteiger partial charge is 0.247 e. The number of hydrogen-bond acceptors (Lipinski definition) is 4. The minimum atomic E-state index is -0.540. The lowest BCUT2D eigenvalue weighted by atomic mass is 10.1. The van der Waals surface area contributed by atoms with Gasteiger partial charge in [-0.2, -0.15) is 10.1 Å². The lowest BCUT2D eigenvalue weighted by Gasteiger charge is -2.07. The zero-order valence-corrected chi connectivity index (χ0v) is 12.6. The fraction of sp³-hybridized carbons (Fsp3) is 0. The zero-order chi connectivity index (χ0) is 16.5. The molecule has 0 aliphatic rings. The summed E-state index contributed by atoms with van der Waals surface area (Å²) in [6, 6.07) is 16.0. The van der Waals surface area contributed by atoms with Gasteiger partial charge in [0, 0.05) is 23.5 Å². The van der Waals surface area contributed by atoms with Crippen molar-refractivity contribution in [2.75, 3.05) is 5.73 Å². The Morgan fingerprint density at radius 2 is 1.83 bits per heavy atom. The predicted molar refractivity (Wildman–Crippen MR) is 89.3 cm³/mol. The van der Waals surface area contributed by atoms with Crippen molar-refractivity contribution in [2.45, 2.75) is 0 Å². The highest BCUT2D eigenvalue weighted by Gasteiger charge is 2.12. The Labute approximate surface area is 137 Å². The van der Waals surface area contributed by atoms with Gasteiger partial charge < -0.3 is 10.5 Å². The van der Waals surface area contributed by atoms with Gasteiger partial charge in [0.05, 0.1) is 0 Å². The van der Waals surface area contributed by atoms with E-state index in [0.717, 1.165) is 11.1 Å². The van der Waals surface area contributed by atoms with Crippen LogP contribution in [0.3, 0.4) is 0 Å². The van der Waals surface area contributed by atoms with Gasteiger partial charge in [-0.3, -0.25) is 0 Å². The van der Waals surface area contributed by atoms with Gasteiger partial charge in [-0.15, -0.1) is 0 Å². The maximum Gasteiger partial charge on any atom is 0.247 e. The van der Waals surface area contributed by atoms with E-state index in [1.807, 2.05) is 42.6 Å². The van der Waals surface area contributed by atoms with E-state index in [2.05, 4.69) is 10.1 Å². The van der Waals surface area contributed by atoms with Crippen molar-refractivity contribution in [3.8, 4) is 22.8 Å². The molecule has 2 heterocycles. The molecular formula is C18H13FN4O. The molecule has 24 heavy (non-hydrogen) atoms. The van der Waals surface area contributed by atoms with Crippen LogP contribution < -0.4 is 10.5 Å². The molecule has 0 unspecified atom stereocenters. The van der Waals surface area contributed by atoms with Crippen LogP contribution in [0.4, 0.5) is 10.1 Å². The average Bonchev–Trinajstić information content (AvgIpc) is 3.03. The SMILES string of the molecule is Nc1ccc(Oc2ncnn3cc(-c4ccccc4)cc23)c(F)c1. The number of hydrogen-bond donors (Lipinski definition) is 1. The lowest BCUT2D eigenvalue weighted by molar-refractivity contribution is 0.428. The minimum absolute atomic E-state index is 0.0623. The molecule has 0 fully saturated rings. The third-order valence-electron chi connectivity index (χ3n) is 3.64. The molecule has 4 aromatic rings. The van der Waals surface area contributed by atoms with E-state index in [9.17, 15) is 4.39 Å². The number of halogens is 1. The number of nitrogen functional groups attached to an aromatic ring is 1. The van der Waals surface area contributed by atoms with Crippen LogP contribution in [0, 0.1) is 5.82 Å². The Bertz CT molecular complexity index is 1010. The van der Waals surface area contributed by atoms with E-state index >= 15 is 0 Å². The maximum absolute atomic E-state index is 14.0. The highest BCUT2D eigenvalue weighted by Crippen LogP contribution is 2.30. The molecule has 0 amide bonds. The summed E-state index contributed by atoms with van der Waals surface area (Å²) in [6.07, 6.45) is 3.24. The standard InChI is InChI=1S/C18H13FN4O/c19-15-9-14(20)6-7-17(15)24-18-16-8-13(10-23(16)22-11-21-18)12-4-2-1-3-5-12/h1-11H,20H2. The Kier molecular flexibility index (Phi) is 3.35. The second-order valence-electron chi connectivity index (χ2n) is 5.28. The van der Waals surface area contributed by atoms with Gasteiger partial charge in [-0.05, 0) is 23.8 Å². The molecular weight excluding hydrogens is 307 g/mol. The Morgan fingerprint density at radius 1 is 1.00 bits per heavy atom. The molecule has 0 bridgehead atoms. The lowest BCUT2D eigenvalue weighted by Crippen LogP contribution is -1.97. The second-order valence-corrected chi connectivity index (χ2v) is 5.28. The van der Waals surface area contributed by atoms with Gasteiger partial charge in [0.25, 0.3) is 0 Å². The molecule has 2 aromatic carbocycles. The number of aromatic nitrogens is 3. The van der Waals surface area contributed by atoms with E-state index in [1.54, 1.807) is 10.6 Å². The summed E-state index contributed by atoms with van der Waals surface area (Å²) in [5.41, 5.74) is 8.55. The average molecular weight is 320 g/mol. The molecule has 0 atom stereocenters. The summed E-state index contributed by atoms with van der Waals surface area (Å²) >= 11 is 0. The highest BCUT2D eigenvalue weighted by atomic mass is 19.1. The van der Waals surface area contributed by atoms with Crippen molar-refractivity contribution in [2.24, 2.45) is 0 Å². The normalized spacial score (nSPS) is 10.9. The third-order valence-corrected chi connectivity index (χ3v) is 3.64. The Hall–Kier alpha value is -3.41. The molecule has 0 saturated carbocycles. The number of fused-ring (bicyclic) bond motifs is 1. The molecule has 4 rings (SSSR count). The predicted octanol–water partition coefficient (Wildman–Crippen LogP) is 3.91. The molecule has 0 aliphatic heterocycles. The zero-order valence-electron chi connectivity index (χ0n) is 12.6. The molecule has 0 radical (unpaired) electrons. The van der Waals surface area contributed by atoms with Crippen LogP contribution in [-0.4, -0.2) is 14.6 Å². The van der Waals surface area contributed by atoms with Gasteiger partial charge in [0.15, 0.2) is 11.6 Å². The van der Waals surface area contributed by atoms with Crippen molar-refractivity contribution in [3.63, 3.8) is 0 Å². The van der Waals surface area contributed by atoms with Crippen LogP contribution in [0.2, 0.25) is 0 Å². The largest absolute Gasteiger partial charge is 0.434 e. The summed E-state index contributed by atoms with van der Waals surface area (Å²) in [6.45, 7) is 0. The van der Waals surface area contributed by atoms with Gasteiger partial charge in [0.2, 0.25) is 5.88 Å². The Morgan fingerprint density at radius 3 is 2.62 bits per heavy atom. The molecule has 5 nitrogen and oxygen atoms in total. The number of ether oxygens (including phenoxy) is 1. The first-order valence-corrected chi connectivity index (χ1v) is 7.32. The van der Waals surface area contributed by atoms with Crippen LogP contribution in [-0.2, 0) is 0 Å². The van der Waals surface area contributed by atoms with Crippen LogP contribution >= 0.6 is 0 Å². The number of nitrogens with zero attached hydrogens (tertiary/aromatic N) is 3. The first-order valence-electron chi connectivity index (χ1n) is 7.32. The molecule has 0 spiro atoms. The Balaban J connectivity index is 1.77. The topological polar surface area (TPSA) is 65.4 Å². The molecule has 6 heteroatoms. The van der Waals surface area contributed by atoms with E-state index in [-0.39, 0.29) is 11.6 Å². The van der Waals surface area contributed by atoms with Gasteiger partial charge in [-0.1, -0.05) is 30.3 Å². The van der Waals surface area contributed by atoms with Gasteiger partial charge >= 0.3 is 0 Å². The van der Waals surface area contributed by atoms with Crippen LogP contribution in [0.5, 0.6) is 11.6 Å². The van der Waals surface area contributed by atoms with Crippen molar-refractivity contribution in [3.05, 3.63) is 72.9 Å². The molecule has 2 aromatic heterocycles. The number of benzene rings is 2. The fourth-order valence-electron chi connectivity index (χ4n) is 2.48. The van der Waals surface area contributed by atoms with Crippen molar-refractivity contribution < 1.29 is 9.13 Å². The summed E-state index contributed by atoms with van der Waals surface area (Å²) in [5, 5.41) is 4.18. The number of anilines is 1. The van der Waals surface area contributed by atoms with Crippen LogP contribution in [0.1, 0.15) is 0 Å². The first-order chi connectivity index (χ1) is 11.7. The number of nitrogens with two attached hydrogens (primary N) is 1. The van der Waals surface area contributed by atoms with Crippen molar-refractivity contribution >= 4 is 11.2 Å². The van der Waals surface area contributed by atoms with Crippen molar-refractivity contribution in [1.29, 1.82) is 0 Å². The third kappa shape index (κ3) is 2.54. The maximum atomic E-state index is 14.0. The molecule has 0 saturated heterocycles. The van der Waals surface area contributed by atoms with E-state index in [0.29, 0.717) is 11.2 Å².